The Bertz CT molecular complexity index is 169. The summed E-state index contributed by atoms with van der Waals surface area (Å²) < 4.78 is 0. The zero-order valence-corrected chi connectivity index (χ0v) is 9.63. The lowest BCUT2D eigenvalue weighted by atomic mass is 10.0. The molecule has 1 saturated carbocycles. The van der Waals surface area contributed by atoms with Gasteiger partial charge in [0.15, 0.2) is 0 Å². The SMILES string of the molecule is CC(CC1CC1)NC1CCN(C)CC1. The fraction of sp³-hybridized carbons (Fsp3) is 1.00. The zero-order chi connectivity index (χ0) is 9.97. The van der Waals surface area contributed by atoms with Gasteiger partial charge >= 0.3 is 0 Å². The first-order valence-corrected chi connectivity index (χ1v) is 6.18. The van der Waals surface area contributed by atoms with Gasteiger partial charge in [-0.2, -0.15) is 0 Å². The van der Waals surface area contributed by atoms with Gasteiger partial charge in [-0.05, 0) is 52.2 Å². The van der Waals surface area contributed by atoms with Crippen LogP contribution in [0.5, 0.6) is 0 Å². The molecule has 1 unspecified atom stereocenters. The van der Waals surface area contributed by atoms with Crippen molar-refractivity contribution in [2.24, 2.45) is 5.92 Å². The van der Waals surface area contributed by atoms with Gasteiger partial charge in [-0.15, -0.1) is 0 Å². The molecule has 2 fully saturated rings. The summed E-state index contributed by atoms with van der Waals surface area (Å²) in [5, 5.41) is 3.78. The van der Waals surface area contributed by atoms with Gasteiger partial charge < -0.3 is 10.2 Å². The van der Waals surface area contributed by atoms with E-state index in [9.17, 15) is 0 Å². The summed E-state index contributed by atoms with van der Waals surface area (Å²) in [4.78, 5) is 2.43. The number of nitrogens with zero attached hydrogens (tertiary/aromatic N) is 1. The number of hydrogen-bond donors (Lipinski definition) is 1. The maximum atomic E-state index is 3.78. The lowest BCUT2D eigenvalue weighted by Gasteiger charge is -2.31. The lowest BCUT2D eigenvalue weighted by Crippen LogP contribution is -2.44. The number of nitrogens with one attached hydrogen (secondary N) is 1. The third kappa shape index (κ3) is 3.25. The Morgan fingerprint density at radius 2 is 1.86 bits per heavy atom. The third-order valence-electron chi connectivity index (χ3n) is 3.62. The minimum Gasteiger partial charge on any atom is -0.311 e. The van der Waals surface area contributed by atoms with E-state index in [0.29, 0.717) is 0 Å². The Morgan fingerprint density at radius 3 is 2.43 bits per heavy atom. The van der Waals surface area contributed by atoms with E-state index in [-0.39, 0.29) is 0 Å². The molecule has 2 rings (SSSR count). The number of piperidine rings is 1. The van der Waals surface area contributed by atoms with Crippen molar-refractivity contribution in [3.8, 4) is 0 Å². The van der Waals surface area contributed by atoms with Crippen molar-refractivity contribution >= 4 is 0 Å². The standard InChI is InChI=1S/C12H24N2/c1-10(9-11-3-4-11)13-12-5-7-14(2)8-6-12/h10-13H,3-9H2,1-2H3. The second-order valence-electron chi connectivity index (χ2n) is 5.32. The summed E-state index contributed by atoms with van der Waals surface area (Å²) in [6.07, 6.45) is 7.06. The smallest absolute Gasteiger partial charge is 0.00938 e. The van der Waals surface area contributed by atoms with Crippen molar-refractivity contribution in [3.05, 3.63) is 0 Å². The van der Waals surface area contributed by atoms with Crippen LogP contribution in [0.25, 0.3) is 0 Å². The summed E-state index contributed by atoms with van der Waals surface area (Å²) in [6, 6.07) is 1.54. The molecule has 0 bridgehead atoms. The van der Waals surface area contributed by atoms with E-state index in [1.165, 1.54) is 45.2 Å². The maximum Gasteiger partial charge on any atom is 0.00938 e. The van der Waals surface area contributed by atoms with Crippen LogP contribution in [0.4, 0.5) is 0 Å². The van der Waals surface area contributed by atoms with Crippen molar-refractivity contribution in [2.75, 3.05) is 20.1 Å². The summed E-state index contributed by atoms with van der Waals surface area (Å²) in [7, 11) is 2.23. The van der Waals surface area contributed by atoms with Crippen LogP contribution >= 0.6 is 0 Å². The van der Waals surface area contributed by atoms with Crippen molar-refractivity contribution in [1.29, 1.82) is 0 Å². The van der Waals surface area contributed by atoms with Gasteiger partial charge in [0.05, 0.1) is 0 Å². The van der Waals surface area contributed by atoms with E-state index in [4.69, 9.17) is 0 Å². The van der Waals surface area contributed by atoms with Crippen molar-refractivity contribution in [2.45, 2.75) is 51.1 Å². The first kappa shape index (κ1) is 10.4. The van der Waals surface area contributed by atoms with Gasteiger partial charge in [0.2, 0.25) is 0 Å². The minimum absolute atomic E-state index is 0.746. The molecule has 2 heteroatoms. The first-order valence-electron chi connectivity index (χ1n) is 6.18. The summed E-state index contributed by atoms with van der Waals surface area (Å²) in [5.74, 6) is 1.06. The quantitative estimate of drug-likeness (QED) is 0.738. The average molecular weight is 196 g/mol. The van der Waals surface area contributed by atoms with E-state index in [1.807, 2.05) is 0 Å². The molecule has 0 aromatic rings. The van der Waals surface area contributed by atoms with Crippen LogP contribution in [-0.4, -0.2) is 37.1 Å². The van der Waals surface area contributed by atoms with Crippen LogP contribution < -0.4 is 5.32 Å². The Morgan fingerprint density at radius 1 is 1.21 bits per heavy atom. The molecule has 1 aliphatic carbocycles. The summed E-state index contributed by atoms with van der Waals surface area (Å²) >= 11 is 0. The van der Waals surface area contributed by atoms with Crippen LogP contribution in [0.2, 0.25) is 0 Å². The molecule has 14 heavy (non-hydrogen) atoms. The molecule has 82 valence electrons. The summed E-state index contributed by atoms with van der Waals surface area (Å²) in [6.45, 7) is 4.90. The van der Waals surface area contributed by atoms with Crippen molar-refractivity contribution in [3.63, 3.8) is 0 Å². The molecule has 0 amide bonds. The Balaban J connectivity index is 1.63. The molecule has 0 aromatic carbocycles. The van der Waals surface area contributed by atoms with E-state index in [1.54, 1.807) is 0 Å². The topological polar surface area (TPSA) is 15.3 Å². The van der Waals surface area contributed by atoms with Crippen LogP contribution in [0.15, 0.2) is 0 Å². The van der Waals surface area contributed by atoms with Gasteiger partial charge in [-0.3, -0.25) is 0 Å². The van der Waals surface area contributed by atoms with E-state index in [2.05, 4.69) is 24.2 Å². The Hall–Kier alpha value is -0.0800. The fourth-order valence-electron chi connectivity index (χ4n) is 2.50. The molecule has 0 spiro atoms. The molecule has 0 aromatic heterocycles. The predicted molar refractivity (Wildman–Crippen MR) is 60.5 cm³/mol. The van der Waals surface area contributed by atoms with Crippen molar-refractivity contribution < 1.29 is 0 Å². The van der Waals surface area contributed by atoms with Crippen LogP contribution in [0, 0.1) is 5.92 Å². The van der Waals surface area contributed by atoms with Gasteiger partial charge in [0.25, 0.3) is 0 Å². The normalized spacial score (nSPS) is 27.9. The van der Waals surface area contributed by atoms with Gasteiger partial charge in [-0.25, -0.2) is 0 Å². The molecule has 1 aliphatic heterocycles. The van der Waals surface area contributed by atoms with Gasteiger partial charge in [-0.1, -0.05) is 12.8 Å². The minimum atomic E-state index is 0.746. The van der Waals surface area contributed by atoms with Gasteiger partial charge in [0, 0.05) is 12.1 Å². The molecule has 2 nitrogen and oxygen atoms in total. The Kier molecular flexibility index (Phi) is 3.45. The average Bonchev–Trinajstić information content (AvgIpc) is 2.93. The van der Waals surface area contributed by atoms with Crippen LogP contribution in [-0.2, 0) is 0 Å². The molecule has 2 aliphatic rings. The van der Waals surface area contributed by atoms with Crippen LogP contribution in [0.3, 0.4) is 0 Å². The molecule has 1 saturated heterocycles. The molecule has 1 atom stereocenters. The largest absolute Gasteiger partial charge is 0.311 e. The molecule has 0 radical (unpaired) electrons. The van der Waals surface area contributed by atoms with Crippen molar-refractivity contribution in [1.82, 2.24) is 10.2 Å². The second kappa shape index (κ2) is 4.63. The van der Waals surface area contributed by atoms with E-state index in [0.717, 1.165) is 18.0 Å². The van der Waals surface area contributed by atoms with Crippen LogP contribution in [0.1, 0.15) is 39.0 Å². The zero-order valence-electron chi connectivity index (χ0n) is 9.63. The molecule has 1 heterocycles. The molecule has 1 N–H and O–H groups in total. The summed E-state index contributed by atoms with van der Waals surface area (Å²) in [5.41, 5.74) is 0. The van der Waals surface area contributed by atoms with E-state index < -0.39 is 0 Å². The number of likely N-dealkylation sites (tertiary alicyclic amines) is 1. The number of rotatable bonds is 4. The monoisotopic (exact) mass is 196 g/mol. The predicted octanol–water partition coefficient (Wildman–Crippen LogP) is 1.86. The maximum absolute atomic E-state index is 3.78. The molecular formula is C12H24N2. The fourth-order valence-corrected chi connectivity index (χ4v) is 2.50. The Labute approximate surface area is 88.1 Å². The highest BCUT2D eigenvalue weighted by molar-refractivity contribution is 4.82. The second-order valence-corrected chi connectivity index (χ2v) is 5.32. The van der Waals surface area contributed by atoms with Gasteiger partial charge in [0.1, 0.15) is 0 Å². The third-order valence-corrected chi connectivity index (χ3v) is 3.62. The highest BCUT2D eigenvalue weighted by atomic mass is 15.1. The molecular weight excluding hydrogens is 172 g/mol. The highest BCUT2D eigenvalue weighted by Crippen LogP contribution is 2.33. The lowest BCUT2D eigenvalue weighted by molar-refractivity contribution is 0.223. The first-order chi connectivity index (χ1) is 6.74. The number of hydrogen-bond acceptors (Lipinski definition) is 2. The van der Waals surface area contributed by atoms with E-state index >= 15 is 0 Å². The highest BCUT2D eigenvalue weighted by Gasteiger charge is 2.25.